The van der Waals surface area contributed by atoms with Gasteiger partial charge >= 0.3 is 5.97 Å². The first-order chi connectivity index (χ1) is 9.99. The van der Waals surface area contributed by atoms with E-state index >= 15 is 0 Å². The number of amides is 1. The van der Waals surface area contributed by atoms with E-state index in [0.29, 0.717) is 24.8 Å². The predicted molar refractivity (Wildman–Crippen MR) is 73.4 cm³/mol. The van der Waals surface area contributed by atoms with Crippen LogP contribution in [-0.2, 0) is 16.1 Å². The van der Waals surface area contributed by atoms with Crippen molar-refractivity contribution < 1.29 is 19.6 Å². The molecule has 7 heteroatoms. The maximum absolute atomic E-state index is 12.0. The van der Waals surface area contributed by atoms with E-state index in [1.54, 1.807) is 18.2 Å². The number of carboxylic acids is 1. The fraction of sp³-hybridized carbons (Fsp3) is 0.429. The van der Waals surface area contributed by atoms with E-state index < -0.39 is 16.8 Å². The van der Waals surface area contributed by atoms with E-state index in [-0.39, 0.29) is 24.1 Å². The lowest BCUT2D eigenvalue weighted by Crippen LogP contribution is -2.29. The molecule has 7 nitrogen and oxygen atoms in total. The molecule has 0 radical (unpaired) electrons. The number of carbonyl (C=O) groups excluding carboxylic acids is 1. The fourth-order valence-corrected chi connectivity index (χ4v) is 2.61. The molecule has 2 rings (SSSR count). The maximum Gasteiger partial charge on any atom is 0.306 e. The minimum Gasteiger partial charge on any atom is -0.481 e. The van der Waals surface area contributed by atoms with Crippen LogP contribution >= 0.6 is 0 Å². The molecule has 1 aliphatic carbocycles. The number of nitrogens with one attached hydrogen (secondary N) is 1. The number of hydrogen-bond acceptors (Lipinski definition) is 4. The van der Waals surface area contributed by atoms with Crippen molar-refractivity contribution in [2.45, 2.75) is 25.8 Å². The van der Waals surface area contributed by atoms with Gasteiger partial charge in [0.2, 0.25) is 5.91 Å². The Hall–Kier alpha value is -2.44. The van der Waals surface area contributed by atoms with Gasteiger partial charge in [-0.1, -0.05) is 18.2 Å². The Morgan fingerprint density at radius 2 is 1.95 bits per heavy atom. The van der Waals surface area contributed by atoms with Gasteiger partial charge in [0.15, 0.2) is 0 Å². The van der Waals surface area contributed by atoms with Crippen molar-refractivity contribution in [2.75, 3.05) is 0 Å². The summed E-state index contributed by atoms with van der Waals surface area (Å²) < 4.78 is 0. The molecule has 2 atom stereocenters. The van der Waals surface area contributed by atoms with Crippen LogP contribution in [0.4, 0.5) is 5.69 Å². The second-order valence-electron chi connectivity index (χ2n) is 5.15. The minimum absolute atomic E-state index is 0.0346. The van der Waals surface area contributed by atoms with E-state index in [4.69, 9.17) is 5.11 Å². The lowest BCUT2D eigenvalue weighted by molar-refractivity contribution is -0.385. The number of rotatable bonds is 5. The molecule has 112 valence electrons. The zero-order valence-corrected chi connectivity index (χ0v) is 11.3. The van der Waals surface area contributed by atoms with Gasteiger partial charge in [0.25, 0.3) is 5.69 Å². The van der Waals surface area contributed by atoms with E-state index in [1.165, 1.54) is 6.07 Å². The molecule has 1 fully saturated rings. The zero-order chi connectivity index (χ0) is 15.4. The number of aliphatic carboxylic acids is 1. The lowest BCUT2D eigenvalue weighted by atomic mass is 10.0. The van der Waals surface area contributed by atoms with E-state index in [0.717, 1.165) is 0 Å². The monoisotopic (exact) mass is 292 g/mol. The summed E-state index contributed by atoms with van der Waals surface area (Å²) in [6, 6.07) is 6.22. The molecule has 1 aliphatic rings. The number of hydrogen-bond donors (Lipinski definition) is 2. The smallest absolute Gasteiger partial charge is 0.306 e. The van der Waals surface area contributed by atoms with Gasteiger partial charge in [-0.3, -0.25) is 19.7 Å². The van der Waals surface area contributed by atoms with Gasteiger partial charge in [0.1, 0.15) is 0 Å². The van der Waals surface area contributed by atoms with Crippen molar-refractivity contribution in [3.63, 3.8) is 0 Å². The molecule has 2 unspecified atom stereocenters. The summed E-state index contributed by atoms with van der Waals surface area (Å²) in [7, 11) is 0. The van der Waals surface area contributed by atoms with Crippen molar-refractivity contribution in [3.8, 4) is 0 Å². The normalized spacial score (nSPS) is 21.0. The zero-order valence-electron chi connectivity index (χ0n) is 11.3. The first kappa shape index (κ1) is 15.0. The highest BCUT2D eigenvalue weighted by atomic mass is 16.6. The molecular formula is C14H16N2O5. The molecule has 21 heavy (non-hydrogen) atoms. The molecule has 0 spiro atoms. The Labute approximate surface area is 121 Å². The standard InChI is InChI=1S/C14H16N2O5/c17-13(9-5-6-10(7-9)14(18)19)15-8-11-3-1-2-4-12(11)16(20)21/h1-4,9-10H,5-8H2,(H,15,17)(H,18,19). The third-order valence-electron chi connectivity index (χ3n) is 3.79. The number of para-hydroxylation sites is 1. The van der Waals surface area contributed by atoms with Gasteiger partial charge < -0.3 is 10.4 Å². The summed E-state index contributed by atoms with van der Waals surface area (Å²) in [4.78, 5) is 33.2. The summed E-state index contributed by atoms with van der Waals surface area (Å²) in [5.41, 5.74) is 0.399. The van der Waals surface area contributed by atoms with Crippen LogP contribution < -0.4 is 5.32 Å². The van der Waals surface area contributed by atoms with E-state index in [1.807, 2.05) is 0 Å². The molecular weight excluding hydrogens is 276 g/mol. The van der Waals surface area contributed by atoms with Crippen LogP contribution in [0.3, 0.4) is 0 Å². The number of benzene rings is 1. The van der Waals surface area contributed by atoms with Gasteiger partial charge in [0.05, 0.1) is 10.8 Å². The van der Waals surface area contributed by atoms with Gasteiger partial charge in [-0.15, -0.1) is 0 Å². The van der Waals surface area contributed by atoms with Crippen LogP contribution in [0, 0.1) is 22.0 Å². The van der Waals surface area contributed by atoms with Crippen molar-refractivity contribution in [3.05, 3.63) is 39.9 Å². The number of nitrogens with zero attached hydrogens (tertiary/aromatic N) is 1. The maximum atomic E-state index is 12.0. The van der Waals surface area contributed by atoms with Crippen molar-refractivity contribution in [1.29, 1.82) is 0 Å². The first-order valence-corrected chi connectivity index (χ1v) is 6.72. The Balaban J connectivity index is 1.93. The summed E-state index contributed by atoms with van der Waals surface area (Å²) in [5, 5.41) is 22.4. The molecule has 0 saturated heterocycles. The topological polar surface area (TPSA) is 110 Å². The summed E-state index contributed by atoms with van der Waals surface area (Å²) in [6.07, 6.45) is 1.37. The number of nitro groups is 1. The molecule has 0 aliphatic heterocycles. The SMILES string of the molecule is O=C(O)C1CCC(C(=O)NCc2ccccc2[N+](=O)[O-])C1. The second-order valence-corrected chi connectivity index (χ2v) is 5.15. The Morgan fingerprint density at radius 1 is 1.29 bits per heavy atom. The Kier molecular flexibility index (Phi) is 4.52. The molecule has 2 N–H and O–H groups in total. The molecule has 0 bridgehead atoms. The van der Waals surface area contributed by atoms with Crippen LogP contribution in [-0.4, -0.2) is 21.9 Å². The van der Waals surface area contributed by atoms with Crippen LogP contribution in [0.25, 0.3) is 0 Å². The number of carbonyl (C=O) groups is 2. The molecule has 0 aromatic heterocycles. The first-order valence-electron chi connectivity index (χ1n) is 6.72. The summed E-state index contributed by atoms with van der Waals surface area (Å²) >= 11 is 0. The van der Waals surface area contributed by atoms with E-state index in [2.05, 4.69) is 5.32 Å². The molecule has 1 aromatic carbocycles. The minimum atomic E-state index is -0.871. The summed E-state index contributed by atoms with van der Waals surface area (Å²) in [5.74, 6) is -1.90. The largest absolute Gasteiger partial charge is 0.481 e. The number of carboxylic acid groups (broad SMARTS) is 1. The van der Waals surface area contributed by atoms with Gasteiger partial charge in [0, 0.05) is 24.1 Å². The van der Waals surface area contributed by atoms with Gasteiger partial charge in [-0.25, -0.2) is 0 Å². The Morgan fingerprint density at radius 3 is 2.57 bits per heavy atom. The Bertz CT molecular complexity index is 572. The highest BCUT2D eigenvalue weighted by Gasteiger charge is 2.33. The third-order valence-corrected chi connectivity index (χ3v) is 3.79. The van der Waals surface area contributed by atoms with E-state index in [9.17, 15) is 19.7 Å². The van der Waals surface area contributed by atoms with Crippen LogP contribution in [0.5, 0.6) is 0 Å². The average molecular weight is 292 g/mol. The second kappa shape index (κ2) is 6.34. The fourth-order valence-electron chi connectivity index (χ4n) is 2.61. The van der Waals surface area contributed by atoms with Crippen molar-refractivity contribution >= 4 is 17.6 Å². The number of nitro benzene ring substituents is 1. The van der Waals surface area contributed by atoms with Crippen LogP contribution in [0.15, 0.2) is 24.3 Å². The molecule has 1 aromatic rings. The quantitative estimate of drug-likeness (QED) is 0.634. The lowest BCUT2D eigenvalue weighted by Gasteiger charge is -2.11. The van der Waals surface area contributed by atoms with Crippen LogP contribution in [0.1, 0.15) is 24.8 Å². The third kappa shape index (κ3) is 3.56. The summed E-state index contributed by atoms with van der Waals surface area (Å²) in [6.45, 7) is 0.0736. The van der Waals surface area contributed by atoms with Crippen LogP contribution in [0.2, 0.25) is 0 Å². The highest BCUT2D eigenvalue weighted by Crippen LogP contribution is 2.31. The molecule has 1 amide bonds. The van der Waals surface area contributed by atoms with Crippen molar-refractivity contribution in [2.24, 2.45) is 11.8 Å². The van der Waals surface area contributed by atoms with Gasteiger partial charge in [-0.2, -0.15) is 0 Å². The van der Waals surface area contributed by atoms with Gasteiger partial charge in [-0.05, 0) is 19.3 Å². The molecule has 0 heterocycles. The highest BCUT2D eigenvalue weighted by molar-refractivity contribution is 5.80. The average Bonchev–Trinajstić information content (AvgIpc) is 2.95. The predicted octanol–water partition coefficient (Wildman–Crippen LogP) is 1.71. The molecule has 1 saturated carbocycles. The van der Waals surface area contributed by atoms with Crippen molar-refractivity contribution in [1.82, 2.24) is 5.32 Å².